The molecule has 0 aromatic heterocycles. The van der Waals surface area contributed by atoms with Crippen molar-refractivity contribution in [3.8, 4) is 0 Å². The molecule has 3 aliphatic heterocycles. The third-order valence-corrected chi connectivity index (χ3v) is 8.33. The molecule has 3 aliphatic rings. The third kappa shape index (κ3) is 3.93. The topological polar surface area (TPSA) is 81.8 Å². The fourth-order valence-electron chi connectivity index (χ4n) is 4.63. The minimum atomic E-state index is -3.54. The molecule has 1 amide bonds. The lowest BCUT2D eigenvalue weighted by Crippen LogP contribution is -2.49. The number of benzene rings is 1. The molecule has 1 aromatic rings. The van der Waals surface area contributed by atoms with Gasteiger partial charge in [0.1, 0.15) is 0 Å². The van der Waals surface area contributed by atoms with Gasteiger partial charge in [0.2, 0.25) is 15.9 Å². The van der Waals surface area contributed by atoms with Crippen molar-refractivity contribution in [2.75, 3.05) is 32.7 Å². The van der Waals surface area contributed by atoms with Gasteiger partial charge in [0.15, 0.2) is 0 Å². The van der Waals surface area contributed by atoms with Crippen molar-refractivity contribution in [2.24, 2.45) is 11.8 Å². The van der Waals surface area contributed by atoms with Gasteiger partial charge in [-0.3, -0.25) is 15.6 Å². The Morgan fingerprint density at radius 2 is 1.82 bits per heavy atom. The Bertz CT molecular complexity index is 820. The van der Waals surface area contributed by atoms with Crippen molar-refractivity contribution in [1.29, 1.82) is 0 Å². The second-order valence-corrected chi connectivity index (χ2v) is 10.3. The van der Waals surface area contributed by atoms with Crippen LogP contribution >= 0.6 is 11.6 Å². The van der Waals surface area contributed by atoms with Crippen molar-refractivity contribution < 1.29 is 13.2 Å². The number of carbonyl (C=O) groups is 1. The van der Waals surface area contributed by atoms with Gasteiger partial charge in [0, 0.05) is 43.8 Å². The molecule has 4 rings (SSSR count). The first kappa shape index (κ1) is 20.1. The summed E-state index contributed by atoms with van der Waals surface area (Å²) in [7, 11) is -3.54. The number of piperidine rings is 1. The van der Waals surface area contributed by atoms with E-state index >= 15 is 0 Å². The number of hydrogen-bond donors (Lipinski definition) is 2. The summed E-state index contributed by atoms with van der Waals surface area (Å²) >= 11 is 5.96. The van der Waals surface area contributed by atoms with E-state index in [2.05, 4.69) is 10.9 Å². The number of sulfonamides is 1. The summed E-state index contributed by atoms with van der Waals surface area (Å²) < 4.78 is 27.3. The minimum absolute atomic E-state index is 0.0594. The average molecular weight is 427 g/mol. The molecule has 2 unspecified atom stereocenters. The highest BCUT2D eigenvalue weighted by atomic mass is 35.5. The zero-order valence-corrected chi connectivity index (χ0v) is 17.4. The summed E-state index contributed by atoms with van der Waals surface area (Å²) in [6.07, 6.45) is 3.65. The maximum Gasteiger partial charge on any atom is 0.243 e. The van der Waals surface area contributed by atoms with E-state index in [1.165, 1.54) is 10.4 Å². The Balaban J connectivity index is 1.40. The molecule has 0 spiro atoms. The molecule has 3 saturated heterocycles. The molecule has 7 nitrogen and oxygen atoms in total. The highest BCUT2D eigenvalue weighted by Crippen LogP contribution is 2.31. The van der Waals surface area contributed by atoms with E-state index < -0.39 is 10.0 Å². The predicted molar refractivity (Wildman–Crippen MR) is 107 cm³/mol. The Morgan fingerprint density at radius 3 is 2.50 bits per heavy atom. The number of hydrogen-bond acceptors (Lipinski definition) is 5. The van der Waals surface area contributed by atoms with Crippen molar-refractivity contribution in [3.63, 3.8) is 0 Å². The van der Waals surface area contributed by atoms with Crippen LogP contribution in [-0.2, 0) is 14.8 Å². The second kappa shape index (κ2) is 8.28. The summed E-state index contributed by atoms with van der Waals surface area (Å²) in [6, 6.07) is 6.47. The van der Waals surface area contributed by atoms with E-state index in [1.54, 1.807) is 18.2 Å². The average Bonchev–Trinajstić information content (AvgIpc) is 3.40. The third-order valence-electron chi connectivity index (χ3n) is 6.20. The van der Waals surface area contributed by atoms with Gasteiger partial charge in [0.25, 0.3) is 0 Å². The highest BCUT2D eigenvalue weighted by Gasteiger charge is 2.42. The smallest absolute Gasteiger partial charge is 0.243 e. The number of halogens is 1. The summed E-state index contributed by atoms with van der Waals surface area (Å²) in [4.78, 5) is 15.1. The molecule has 2 N–H and O–H groups in total. The number of likely N-dealkylation sites (tertiary alicyclic amines) is 1. The lowest BCUT2D eigenvalue weighted by atomic mass is 9.83. The van der Waals surface area contributed by atoms with Crippen molar-refractivity contribution in [3.05, 3.63) is 29.3 Å². The quantitative estimate of drug-likeness (QED) is 0.761. The lowest BCUT2D eigenvalue weighted by molar-refractivity contribution is -0.134. The molecule has 0 radical (unpaired) electrons. The fourth-order valence-corrected chi connectivity index (χ4v) is 6.40. The van der Waals surface area contributed by atoms with E-state index in [4.69, 9.17) is 11.6 Å². The number of nitrogens with one attached hydrogen (secondary N) is 2. The van der Waals surface area contributed by atoms with Crippen molar-refractivity contribution in [2.45, 2.75) is 36.6 Å². The van der Waals surface area contributed by atoms with Gasteiger partial charge in [-0.15, -0.1) is 0 Å². The van der Waals surface area contributed by atoms with E-state index in [0.717, 1.165) is 38.8 Å². The van der Waals surface area contributed by atoms with Crippen molar-refractivity contribution in [1.82, 2.24) is 20.1 Å². The zero-order valence-electron chi connectivity index (χ0n) is 15.8. The predicted octanol–water partition coefficient (Wildman–Crippen LogP) is 1.46. The SMILES string of the molecule is O=C(C1CNNC1C1CCN(S(=O)(=O)c2cccc(Cl)c2)CC1)N1CCCC1. The molecular weight excluding hydrogens is 400 g/mol. The molecule has 0 saturated carbocycles. The number of carbonyl (C=O) groups excluding carboxylic acids is 1. The van der Waals surface area contributed by atoms with Crippen LogP contribution in [0.25, 0.3) is 0 Å². The van der Waals surface area contributed by atoms with Crippen LogP contribution in [0.15, 0.2) is 29.2 Å². The van der Waals surface area contributed by atoms with E-state index in [0.29, 0.717) is 24.7 Å². The molecule has 0 aliphatic carbocycles. The molecule has 9 heteroatoms. The summed E-state index contributed by atoms with van der Waals surface area (Å²) in [5.41, 5.74) is 6.44. The van der Waals surface area contributed by atoms with Gasteiger partial charge < -0.3 is 4.90 Å². The molecule has 3 fully saturated rings. The van der Waals surface area contributed by atoms with Crippen LogP contribution < -0.4 is 10.9 Å². The number of nitrogens with zero attached hydrogens (tertiary/aromatic N) is 2. The largest absolute Gasteiger partial charge is 0.342 e. The summed E-state index contributed by atoms with van der Waals surface area (Å²) in [5.74, 6) is 0.436. The Morgan fingerprint density at radius 1 is 1.11 bits per heavy atom. The first-order valence-electron chi connectivity index (χ1n) is 10.00. The monoisotopic (exact) mass is 426 g/mol. The highest BCUT2D eigenvalue weighted by molar-refractivity contribution is 7.89. The van der Waals surface area contributed by atoms with E-state index in [-0.39, 0.29) is 28.7 Å². The van der Waals surface area contributed by atoms with Gasteiger partial charge in [-0.2, -0.15) is 4.31 Å². The molecule has 2 atom stereocenters. The first-order chi connectivity index (χ1) is 13.5. The Hall–Kier alpha value is -1.19. The first-order valence-corrected chi connectivity index (χ1v) is 11.8. The molecule has 3 heterocycles. The zero-order chi connectivity index (χ0) is 19.7. The number of amides is 1. The fraction of sp³-hybridized carbons (Fsp3) is 0.632. The van der Waals surface area contributed by atoms with Crippen LogP contribution in [-0.4, -0.2) is 62.3 Å². The Labute approximate surface area is 171 Å². The normalized spacial score (nSPS) is 27.4. The number of hydrazine groups is 1. The second-order valence-electron chi connectivity index (χ2n) is 7.89. The summed E-state index contributed by atoms with van der Waals surface area (Å²) in [5, 5.41) is 0.417. The van der Waals surface area contributed by atoms with Gasteiger partial charge in [-0.25, -0.2) is 8.42 Å². The van der Waals surface area contributed by atoms with Crippen LogP contribution in [0.4, 0.5) is 0 Å². The van der Waals surface area contributed by atoms with Gasteiger partial charge in [-0.1, -0.05) is 17.7 Å². The molecule has 0 bridgehead atoms. The van der Waals surface area contributed by atoms with Crippen LogP contribution in [0.2, 0.25) is 5.02 Å². The van der Waals surface area contributed by atoms with Crippen LogP contribution in [0.5, 0.6) is 0 Å². The van der Waals surface area contributed by atoms with Crippen LogP contribution in [0.3, 0.4) is 0 Å². The van der Waals surface area contributed by atoms with E-state index in [1.807, 2.05) is 4.90 Å². The maximum absolute atomic E-state index is 12.9. The van der Waals surface area contributed by atoms with Gasteiger partial charge in [-0.05, 0) is 49.8 Å². The van der Waals surface area contributed by atoms with Gasteiger partial charge >= 0.3 is 0 Å². The Kier molecular flexibility index (Phi) is 5.94. The molecule has 28 heavy (non-hydrogen) atoms. The number of rotatable bonds is 4. The van der Waals surface area contributed by atoms with Crippen LogP contribution in [0, 0.1) is 11.8 Å². The summed E-state index contributed by atoms with van der Waals surface area (Å²) in [6.45, 7) is 3.28. The maximum atomic E-state index is 12.9. The molecular formula is C19H27ClN4O3S. The minimum Gasteiger partial charge on any atom is -0.342 e. The molecule has 154 valence electrons. The molecule has 1 aromatic carbocycles. The van der Waals surface area contributed by atoms with E-state index in [9.17, 15) is 13.2 Å². The standard InChI is InChI=1S/C19H27ClN4O3S/c20-15-4-3-5-16(12-15)28(26,27)24-10-6-14(7-11-24)18-17(13-21-22-18)19(25)23-8-1-2-9-23/h3-5,12,14,17-18,21-22H,1-2,6-11,13H2. The van der Waals surface area contributed by atoms with Crippen LogP contribution in [0.1, 0.15) is 25.7 Å². The van der Waals surface area contributed by atoms with Crippen molar-refractivity contribution >= 4 is 27.5 Å². The van der Waals surface area contributed by atoms with Gasteiger partial charge in [0.05, 0.1) is 10.8 Å². The lowest BCUT2D eigenvalue weighted by Gasteiger charge is -2.36.